The maximum absolute atomic E-state index is 12.6. The number of amides is 1. The van der Waals surface area contributed by atoms with E-state index in [1.807, 2.05) is 31.2 Å². The molecule has 0 unspecified atom stereocenters. The molecule has 0 bridgehead atoms. The van der Waals surface area contributed by atoms with Gasteiger partial charge in [-0.15, -0.1) is 0 Å². The summed E-state index contributed by atoms with van der Waals surface area (Å²) in [4.78, 5) is 29.7. The molecular formula is C23H25N3O2S. The zero-order valence-corrected chi connectivity index (χ0v) is 17.6. The van der Waals surface area contributed by atoms with Crippen LogP contribution in [0.15, 0.2) is 58.5 Å². The Labute approximate surface area is 174 Å². The molecule has 1 saturated carbocycles. The van der Waals surface area contributed by atoms with E-state index in [4.69, 9.17) is 0 Å². The van der Waals surface area contributed by atoms with Crippen LogP contribution in [0.3, 0.4) is 0 Å². The van der Waals surface area contributed by atoms with Crippen LogP contribution in [-0.2, 0) is 17.3 Å². The third kappa shape index (κ3) is 3.94. The summed E-state index contributed by atoms with van der Waals surface area (Å²) in [5.74, 6) is 0.207. The van der Waals surface area contributed by atoms with Gasteiger partial charge in [-0.2, -0.15) is 0 Å². The van der Waals surface area contributed by atoms with Gasteiger partial charge in [0.05, 0.1) is 16.7 Å². The van der Waals surface area contributed by atoms with E-state index in [0.29, 0.717) is 22.6 Å². The van der Waals surface area contributed by atoms with Gasteiger partial charge in [-0.05, 0) is 37.5 Å². The second-order valence-corrected chi connectivity index (χ2v) is 8.79. The van der Waals surface area contributed by atoms with Crippen LogP contribution >= 0.6 is 11.8 Å². The first-order valence-corrected chi connectivity index (χ1v) is 10.9. The SMILES string of the molecule is Cc1ccc2nc(SCC(=O)NCC3(c4ccccc4)CCC3)n(C)c(=O)c2c1. The molecule has 0 saturated heterocycles. The Hall–Kier alpha value is -2.60. The fourth-order valence-corrected chi connectivity index (χ4v) is 4.71. The second kappa shape index (κ2) is 8.03. The molecule has 1 aliphatic carbocycles. The zero-order chi connectivity index (χ0) is 20.4. The second-order valence-electron chi connectivity index (χ2n) is 7.84. The van der Waals surface area contributed by atoms with Crippen molar-refractivity contribution in [3.8, 4) is 0 Å². The predicted octanol–water partition coefficient (Wildman–Crippen LogP) is 3.57. The lowest BCUT2D eigenvalue weighted by Crippen LogP contribution is -2.46. The van der Waals surface area contributed by atoms with E-state index >= 15 is 0 Å². The molecule has 0 spiro atoms. The van der Waals surface area contributed by atoms with Gasteiger partial charge >= 0.3 is 0 Å². The van der Waals surface area contributed by atoms with Gasteiger partial charge in [0.15, 0.2) is 5.16 Å². The van der Waals surface area contributed by atoms with Crippen LogP contribution in [0.25, 0.3) is 10.9 Å². The highest BCUT2D eigenvalue weighted by molar-refractivity contribution is 7.99. The van der Waals surface area contributed by atoms with Crippen LogP contribution in [0.4, 0.5) is 0 Å². The van der Waals surface area contributed by atoms with Crippen molar-refractivity contribution < 1.29 is 4.79 Å². The first-order valence-electron chi connectivity index (χ1n) is 9.91. The lowest BCUT2D eigenvalue weighted by molar-refractivity contribution is -0.119. The molecule has 150 valence electrons. The molecular weight excluding hydrogens is 382 g/mol. The van der Waals surface area contributed by atoms with Crippen molar-refractivity contribution in [2.24, 2.45) is 7.05 Å². The summed E-state index contributed by atoms with van der Waals surface area (Å²) in [5, 5.41) is 4.26. The number of carbonyl (C=O) groups excluding carboxylic acids is 1. The van der Waals surface area contributed by atoms with Crippen molar-refractivity contribution in [2.45, 2.75) is 36.8 Å². The molecule has 6 heteroatoms. The summed E-state index contributed by atoms with van der Waals surface area (Å²) in [5.41, 5.74) is 2.97. The molecule has 0 atom stereocenters. The molecule has 1 aromatic heterocycles. The number of carbonyl (C=O) groups is 1. The van der Waals surface area contributed by atoms with E-state index in [1.54, 1.807) is 7.05 Å². The van der Waals surface area contributed by atoms with Crippen molar-refractivity contribution >= 4 is 28.6 Å². The van der Waals surface area contributed by atoms with Gasteiger partial charge in [0.1, 0.15) is 0 Å². The number of benzene rings is 2. The van der Waals surface area contributed by atoms with E-state index < -0.39 is 0 Å². The Morgan fingerprint density at radius 1 is 1.21 bits per heavy atom. The number of fused-ring (bicyclic) bond motifs is 1. The molecule has 1 aliphatic rings. The van der Waals surface area contributed by atoms with Crippen LogP contribution in [0.5, 0.6) is 0 Å². The predicted molar refractivity (Wildman–Crippen MR) is 117 cm³/mol. The summed E-state index contributed by atoms with van der Waals surface area (Å²) >= 11 is 1.30. The highest BCUT2D eigenvalue weighted by atomic mass is 32.2. The van der Waals surface area contributed by atoms with Crippen LogP contribution in [0.2, 0.25) is 0 Å². The minimum absolute atomic E-state index is 0.0320. The lowest BCUT2D eigenvalue weighted by Gasteiger charge is -2.42. The van der Waals surface area contributed by atoms with Gasteiger partial charge in [0.2, 0.25) is 5.91 Å². The third-order valence-corrected chi connectivity index (χ3v) is 6.87. The maximum atomic E-state index is 12.6. The number of nitrogens with zero attached hydrogens (tertiary/aromatic N) is 2. The number of hydrogen-bond acceptors (Lipinski definition) is 4. The van der Waals surface area contributed by atoms with Crippen LogP contribution in [-0.4, -0.2) is 27.8 Å². The molecule has 29 heavy (non-hydrogen) atoms. The largest absolute Gasteiger partial charge is 0.354 e. The van der Waals surface area contributed by atoms with E-state index in [-0.39, 0.29) is 22.6 Å². The smallest absolute Gasteiger partial charge is 0.261 e. The van der Waals surface area contributed by atoms with Gasteiger partial charge in [-0.3, -0.25) is 14.2 Å². The average molecular weight is 408 g/mol. The van der Waals surface area contributed by atoms with Crippen molar-refractivity contribution in [1.82, 2.24) is 14.9 Å². The number of rotatable bonds is 6. The van der Waals surface area contributed by atoms with E-state index in [0.717, 1.165) is 18.4 Å². The minimum Gasteiger partial charge on any atom is -0.354 e. The number of hydrogen-bond donors (Lipinski definition) is 1. The molecule has 1 fully saturated rings. The van der Waals surface area contributed by atoms with E-state index in [1.165, 1.54) is 28.3 Å². The van der Waals surface area contributed by atoms with E-state index in [9.17, 15) is 9.59 Å². The van der Waals surface area contributed by atoms with Crippen LogP contribution < -0.4 is 10.9 Å². The third-order valence-electron chi connectivity index (χ3n) is 5.84. The normalized spacial score (nSPS) is 15.1. The Kier molecular flexibility index (Phi) is 5.46. The Balaban J connectivity index is 1.42. The van der Waals surface area contributed by atoms with Gasteiger partial charge < -0.3 is 5.32 Å². The number of aryl methyl sites for hydroxylation is 1. The number of nitrogens with one attached hydrogen (secondary N) is 1. The molecule has 2 aromatic carbocycles. The van der Waals surface area contributed by atoms with E-state index in [2.05, 4.69) is 34.6 Å². The van der Waals surface area contributed by atoms with Crippen molar-refractivity contribution in [3.05, 3.63) is 70.0 Å². The monoisotopic (exact) mass is 407 g/mol. The van der Waals surface area contributed by atoms with Gasteiger partial charge in [0.25, 0.3) is 5.56 Å². The topological polar surface area (TPSA) is 64.0 Å². The fourth-order valence-electron chi connectivity index (χ4n) is 3.91. The number of aromatic nitrogens is 2. The molecule has 1 heterocycles. The lowest BCUT2D eigenvalue weighted by atomic mass is 9.64. The summed E-state index contributed by atoms with van der Waals surface area (Å²) in [7, 11) is 1.70. The summed E-state index contributed by atoms with van der Waals surface area (Å²) in [6, 6.07) is 16.1. The molecule has 1 amide bonds. The molecule has 3 aromatic rings. The first kappa shape index (κ1) is 19.7. The van der Waals surface area contributed by atoms with Gasteiger partial charge in [-0.1, -0.05) is 60.1 Å². The van der Waals surface area contributed by atoms with Gasteiger partial charge in [0, 0.05) is 19.0 Å². The van der Waals surface area contributed by atoms with Crippen molar-refractivity contribution in [2.75, 3.05) is 12.3 Å². The highest BCUT2D eigenvalue weighted by Crippen LogP contribution is 2.43. The highest BCUT2D eigenvalue weighted by Gasteiger charge is 2.38. The standard InChI is InChI=1S/C23H25N3O2S/c1-16-9-10-19-18(13-16)21(28)26(2)22(25-19)29-14-20(27)24-15-23(11-6-12-23)17-7-4-3-5-8-17/h3-5,7-10,13H,6,11-12,14-15H2,1-2H3,(H,24,27). The average Bonchev–Trinajstić information content (AvgIpc) is 2.70. The first-order chi connectivity index (χ1) is 14.0. The minimum atomic E-state index is -0.0842. The molecule has 1 N–H and O–H groups in total. The van der Waals surface area contributed by atoms with Crippen LogP contribution in [0.1, 0.15) is 30.4 Å². The molecule has 0 radical (unpaired) electrons. The Bertz CT molecular complexity index is 1100. The summed E-state index contributed by atoms with van der Waals surface area (Å²) in [6.07, 6.45) is 3.40. The quantitative estimate of drug-likeness (QED) is 0.501. The maximum Gasteiger partial charge on any atom is 0.261 e. The zero-order valence-electron chi connectivity index (χ0n) is 16.8. The summed E-state index contributed by atoms with van der Waals surface area (Å²) in [6.45, 7) is 2.61. The number of thioether (sulfide) groups is 1. The van der Waals surface area contributed by atoms with Crippen molar-refractivity contribution in [3.63, 3.8) is 0 Å². The van der Waals surface area contributed by atoms with Gasteiger partial charge in [-0.25, -0.2) is 4.98 Å². The van der Waals surface area contributed by atoms with Crippen molar-refractivity contribution in [1.29, 1.82) is 0 Å². The van der Waals surface area contributed by atoms with Crippen LogP contribution in [0, 0.1) is 6.92 Å². The molecule has 0 aliphatic heterocycles. The Morgan fingerprint density at radius 3 is 2.66 bits per heavy atom. The Morgan fingerprint density at radius 2 is 1.97 bits per heavy atom. The molecule has 4 rings (SSSR count). The molecule has 5 nitrogen and oxygen atoms in total. The summed E-state index contributed by atoms with van der Waals surface area (Å²) < 4.78 is 1.52. The fraction of sp³-hybridized carbons (Fsp3) is 0.348.